The average Bonchev–Trinajstić information content (AvgIpc) is 2.66. The maximum Gasteiger partial charge on any atom is 0.335 e. The topological polar surface area (TPSA) is 84.9 Å². The second-order valence-electron chi connectivity index (χ2n) is 7.09. The molecule has 2 aromatic rings. The molecule has 6 nitrogen and oxygen atoms in total. The summed E-state index contributed by atoms with van der Waals surface area (Å²) < 4.78 is 11.2. The molecule has 1 amide bonds. The van der Waals surface area contributed by atoms with Crippen LogP contribution in [0.3, 0.4) is 0 Å². The molecule has 0 aliphatic carbocycles. The molecular formula is C22H27NO5. The highest BCUT2D eigenvalue weighted by Gasteiger charge is 2.14. The van der Waals surface area contributed by atoms with Crippen molar-refractivity contribution < 1.29 is 24.2 Å². The first-order chi connectivity index (χ1) is 13.3. The van der Waals surface area contributed by atoms with Crippen molar-refractivity contribution >= 4 is 11.9 Å². The molecule has 0 aliphatic heterocycles. The highest BCUT2D eigenvalue weighted by atomic mass is 16.5. The van der Waals surface area contributed by atoms with Crippen LogP contribution in [-0.2, 0) is 11.2 Å². The molecule has 0 spiro atoms. The molecule has 6 heteroatoms. The number of hydrogen-bond acceptors (Lipinski definition) is 4. The van der Waals surface area contributed by atoms with Crippen LogP contribution in [0.15, 0.2) is 42.5 Å². The van der Waals surface area contributed by atoms with Gasteiger partial charge in [0.2, 0.25) is 5.91 Å². The van der Waals surface area contributed by atoms with Crippen LogP contribution in [0.25, 0.3) is 0 Å². The summed E-state index contributed by atoms with van der Waals surface area (Å²) in [5, 5.41) is 12.0. The van der Waals surface area contributed by atoms with Gasteiger partial charge in [-0.25, -0.2) is 4.79 Å². The minimum absolute atomic E-state index is 0.109. The average molecular weight is 385 g/mol. The fourth-order valence-electron chi connectivity index (χ4n) is 2.70. The second kappa shape index (κ2) is 9.78. The van der Waals surface area contributed by atoms with Gasteiger partial charge in [-0.3, -0.25) is 4.79 Å². The summed E-state index contributed by atoms with van der Waals surface area (Å²) in [5.74, 6) is 0.497. The van der Waals surface area contributed by atoms with Crippen molar-refractivity contribution in [3.05, 3.63) is 59.2 Å². The standard InChI is InChI=1S/C22H27NO5/c1-14(2)13-28-19-9-8-17(12-20(19)27-4)15(3)23-21(24)11-16-6-5-7-18(10-16)22(25)26/h5-10,12,14-15H,11,13H2,1-4H3,(H,23,24)(H,25,26). The Morgan fingerprint density at radius 1 is 1.07 bits per heavy atom. The number of methoxy groups -OCH3 is 1. The summed E-state index contributed by atoms with van der Waals surface area (Å²) in [6.45, 7) is 6.63. The molecular weight excluding hydrogens is 358 g/mol. The van der Waals surface area contributed by atoms with E-state index in [-0.39, 0.29) is 23.9 Å². The molecule has 2 aromatic carbocycles. The number of carboxylic acids is 1. The predicted octanol–water partition coefficient (Wildman–Crippen LogP) is 3.85. The molecule has 0 saturated heterocycles. The first kappa shape index (κ1) is 21.3. The third-order valence-corrected chi connectivity index (χ3v) is 4.18. The third-order valence-electron chi connectivity index (χ3n) is 4.18. The number of nitrogens with one attached hydrogen (secondary N) is 1. The van der Waals surface area contributed by atoms with Gasteiger partial charge in [-0.15, -0.1) is 0 Å². The summed E-state index contributed by atoms with van der Waals surface area (Å²) in [5.41, 5.74) is 1.71. The predicted molar refractivity (Wildman–Crippen MR) is 107 cm³/mol. The van der Waals surface area contributed by atoms with Crippen molar-refractivity contribution in [3.63, 3.8) is 0 Å². The van der Waals surface area contributed by atoms with Crippen molar-refractivity contribution in [1.29, 1.82) is 0 Å². The summed E-state index contributed by atoms with van der Waals surface area (Å²) in [7, 11) is 1.58. The van der Waals surface area contributed by atoms with Crippen molar-refractivity contribution in [2.45, 2.75) is 33.2 Å². The maximum atomic E-state index is 12.4. The van der Waals surface area contributed by atoms with Crippen LogP contribution in [0.4, 0.5) is 0 Å². The van der Waals surface area contributed by atoms with Crippen LogP contribution < -0.4 is 14.8 Å². The summed E-state index contributed by atoms with van der Waals surface area (Å²) in [4.78, 5) is 23.4. The number of amides is 1. The number of benzene rings is 2. The zero-order chi connectivity index (χ0) is 20.7. The number of carbonyl (C=O) groups is 2. The fraction of sp³-hybridized carbons (Fsp3) is 0.364. The van der Waals surface area contributed by atoms with Crippen LogP contribution in [0, 0.1) is 5.92 Å². The Hall–Kier alpha value is -3.02. The molecule has 28 heavy (non-hydrogen) atoms. The molecule has 0 radical (unpaired) electrons. The number of hydrogen-bond donors (Lipinski definition) is 2. The lowest BCUT2D eigenvalue weighted by molar-refractivity contribution is -0.121. The van der Waals surface area contributed by atoms with Crippen molar-refractivity contribution in [3.8, 4) is 11.5 Å². The van der Waals surface area contributed by atoms with Crippen LogP contribution in [0.1, 0.15) is 48.3 Å². The van der Waals surface area contributed by atoms with Crippen LogP contribution in [-0.4, -0.2) is 30.7 Å². The van der Waals surface area contributed by atoms with Gasteiger partial charge in [0.1, 0.15) is 0 Å². The Morgan fingerprint density at radius 2 is 1.82 bits per heavy atom. The Balaban J connectivity index is 2.03. The van der Waals surface area contributed by atoms with E-state index in [4.69, 9.17) is 14.6 Å². The van der Waals surface area contributed by atoms with Gasteiger partial charge in [-0.05, 0) is 48.2 Å². The van der Waals surface area contributed by atoms with E-state index in [0.717, 1.165) is 5.56 Å². The molecule has 0 saturated carbocycles. The molecule has 0 aliphatic rings. The largest absolute Gasteiger partial charge is 0.493 e. The normalized spacial score (nSPS) is 11.8. The zero-order valence-electron chi connectivity index (χ0n) is 16.7. The molecule has 1 atom stereocenters. The summed E-state index contributed by atoms with van der Waals surface area (Å²) in [6, 6.07) is 11.7. The van der Waals surface area contributed by atoms with Gasteiger partial charge in [0.25, 0.3) is 0 Å². The first-order valence-corrected chi connectivity index (χ1v) is 9.22. The van der Waals surface area contributed by atoms with Crippen LogP contribution >= 0.6 is 0 Å². The second-order valence-corrected chi connectivity index (χ2v) is 7.09. The Morgan fingerprint density at radius 3 is 2.46 bits per heavy atom. The fourth-order valence-corrected chi connectivity index (χ4v) is 2.70. The van der Waals surface area contributed by atoms with Crippen LogP contribution in [0.5, 0.6) is 11.5 Å². The highest BCUT2D eigenvalue weighted by Crippen LogP contribution is 2.30. The minimum Gasteiger partial charge on any atom is -0.493 e. The van der Waals surface area contributed by atoms with E-state index >= 15 is 0 Å². The number of ether oxygens (including phenoxy) is 2. The van der Waals surface area contributed by atoms with E-state index in [0.29, 0.717) is 29.6 Å². The first-order valence-electron chi connectivity index (χ1n) is 9.22. The summed E-state index contributed by atoms with van der Waals surface area (Å²) >= 11 is 0. The molecule has 0 aromatic heterocycles. The number of rotatable bonds is 9. The Labute approximate surface area is 165 Å². The number of aromatic carboxylic acids is 1. The number of carbonyl (C=O) groups excluding carboxylic acids is 1. The Bertz CT molecular complexity index is 831. The summed E-state index contributed by atoms with van der Waals surface area (Å²) in [6.07, 6.45) is 0.109. The smallest absolute Gasteiger partial charge is 0.335 e. The van der Waals surface area contributed by atoms with Gasteiger partial charge in [-0.1, -0.05) is 32.0 Å². The van der Waals surface area contributed by atoms with E-state index in [1.807, 2.05) is 25.1 Å². The molecule has 2 rings (SSSR count). The SMILES string of the molecule is COc1cc(C(C)NC(=O)Cc2cccc(C(=O)O)c2)ccc1OCC(C)C. The van der Waals surface area contributed by atoms with Crippen molar-refractivity contribution in [1.82, 2.24) is 5.32 Å². The zero-order valence-corrected chi connectivity index (χ0v) is 16.7. The third kappa shape index (κ3) is 6.01. The van der Waals surface area contributed by atoms with Crippen molar-refractivity contribution in [2.24, 2.45) is 5.92 Å². The molecule has 0 fully saturated rings. The van der Waals surface area contributed by atoms with Gasteiger partial charge >= 0.3 is 5.97 Å². The number of carboxylic acid groups (broad SMARTS) is 1. The van der Waals surface area contributed by atoms with E-state index in [1.54, 1.807) is 19.2 Å². The highest BCUT2D eigenvalue weighted by molar-refractivity contribution is 5.88. The lowest BCUT2D eigenvalue weighted by Gasteiger charge is -2.18. The van der Waals surface area contributed by atoms with Gasteiger partial charge < -0.3 is 19.9 Å². The van der Waals surface area contributed by atoms with E-state index in [9.17, 15) is 9.59 Å². The van der Waals surface area contributed by atoms with Gasteiger partial charge in [-0.2, -0.15) is 0 Å². The monoisotopic (exact) mass is 385 g/mol. The van der Waals surface area contributed by atoms with Gasteiger partial charge in [0, 0.05) is 0 Å². The molecule has 0 heterocycles. The molecule has 1 unspecified atom stereocenters. The van der Waals surface area contributed by atoms with Crippen molar-refractivity contribution in [2.75, 3.05) is 13.7 Å². The van der Waals surface area contributed by atoms with E-state index in [1.165, 1.54) is 12.1 Å². The van der Waals surface area contributed by atoms with E-state index < -0.39 is 5.97 Å². The molecule has 150 valence electrons. The maximum absolute atomic E-state index is 12.4. The van der Waals surface area contributed by atoms with Gasteiger partial charge in [0.15, 0.2) is 11.5 Å². The quantitative estimate of drug-likeness (QED) is 0.685. The minimum atomic E-state index is -1.01. The van der Waals surface area contributed by atoms with E-state index in [2.05, 4.69) is 19.2 Å². The lowest BCUT2D eigenvalue weighted by Crippen LogP contribution is -2.28. The van der Waals surface area contributed by atoms with Crippen LogP contribution in [0.2, 0.25) is 0 Å². The lowest BCUT2D eigenvalue weighted by atomic mass is 10.1. The Kier molecular flexibility index (Phi) is 7.44. The molecule has 2 N–H and O–H groups in total. The van der Waals surface area contributed by atoms with Gasteiger partial charge in [0.05, 0.1) is 31.7 Å². The molecule has 0 bridgehead atoms.